The Morgan fingerprint density at radius 3 is 2.82 bits per heavy atom. The van der Waals surface area contributed by atoms with Crippen LogP contribution in [0.25, 0.3) is 33.1 Å². The molecule has 3 aromatic heterocycles. The average Bonchev–Trinajstić information content (AvgIpc) is 2.73. The van der Waals surface area contributed by atoms with E-state index in [4.69, 9.17) is 4.42 Å². The van der Waals surface area contributed by atoms with E-state index in [1.807, 2.05) is 42.5 Å². The van der Waals surface area contributed by atoms with Gasteiger partial charge in [0.1, 0.15) is 11.1 Å². The molecule has 3 heterocycles. The molecular weight excluding hydrogens is 212 g/mol. The van der Waals surface area contributed by atoms with Gasteiger partial charge in [0.05, 0.1) is 11.0 Å². The lowest BCUT2D eigenvalue weighted by Crippen LogP contribution is -1.81. The predicted octanol–water partition coefficient (Wildman–Crippen LogP) is 3.53. The molecule has 0 spiro atoms. The molecule has 1 aromatic carbocycles. The number of nitrogens with zero attached hydrogens (tertiary/aromatic N) is 2. The van der Waals surface area contributed by atoms with E-state index in [9.17, 15) is 0 Å². The summed E-state index contributed by atoms with van der Waals surface area (Å²) in [4.78, 5) is 8.89. The first-order valence-corrected chi connectivity index (χ1v) is 5.45. The molecule has 0 unspecified atom stereocenters. The highest BCUT2D eigenvalue weighted by Crippen LogP contribution is 2.28. The first-order valence-electron chi connectivity index (χ1n) is 5.45. The van der Waals surface area contributed by atoms with Crippen LogP contribution in [0.2, 0.25) is 0 Å². The summed E-state index contributed by atoms with van der Waals surface area (Å²) in [5.74, 6) is 0. The van der Waals surface area contributed by atoms with E-state index in [0.29, 0.717) is 0 Å². The summed E-state index contributed by atoms with van der Waals surface area (Å²) in [6.45, 7) is 0. The van der Waals surface area contributed by atoms with Gasteiger partial charge >= 0.3 is 0 Å². The maximum Gasteiger partial charge on any atom is 0.156 e. The molecule has 0 N–H and O–H groups in total. The highest BCUT2D eigenvalue weighted by atomic mass is 16.3. The maximum atomic E-state index is 5.76. The first kappa shape index (κ1) is 8.70. The Morgan fingerprint density at radius 2 is 1.82 bits per heavy atom. The summed E-state index contributed by atoms with van der Waals surface area (Å²) in [5.41, 5.74) is 4.31. The minimum Gasteiger partial charge on any atom is -0.454 e. The molecule has 0 bridgehead atoms. The van der Waals surface area contributed by atoms with Gasteiger partial charge in [-0.1, -0.05) is 12.1 Å². The van der Waals surface area contributed by atoms with Crippen LogP contribution >= 0.6 is 0 Å². The Morgan fingerprint density at radius 1 is 0.882 bits per heavy atom. The molecule has 0 fully saturated rings. The zero-order valence-electron chi connectivity index (χ0n) is 8.92. The smallest absolute Gasteiger partial charge is 0.156 e. The maximum absolute atomic E-state index is 5.76. The third kappa shape index (κ3) is 1.16. The minimum atomic E-state index is 0.789. The van der Waals surface area contributed by atoms with Gasteiger partial charge < -0.3 is 4.42 Å². The van der Waals surface area contributed by atoms with E-state index >= 15 is 0 Å². The Kier molecular flexibility index (Phi) is 1.56. The highest BCUT2D eigenvalue weighted by Gasteiger charge is 2.08. The lowest BCUT2D eigenvalue weighted by molar-refractivity contribution is 0.668. The summed E-state index contributed by atoms with van der Waals surface area (Å²) in [6, 6.07) is 13.7. The second-order valence-electron chi connectivity index (χ2n) is 3.97. The number of pyridine rings is 2. The second kappa shape index (κ2) is 3.04. The van der Waals surface area contributed by atoms with Gasteiger partial charge in [-0.25, -0.2) is 4.98 Å². The summed E-state index contributed by atoms with van der Waals surface area (Å²) < 4.78 is 5.76. The Hall–Kier alpha value is -2.42. The fraction of sp³-hybridized carbons (Fsp3) is 0. The van der Waals surface area contributed by atoms with Gasteiger partial charge in [0.25, 0.3) is 0 Å². The number of hydrogen-bond acceptors (Lipinski definition) is 3. The summed E-state index contributed by atoms with van der Waals surface area (Å²) in [7, 11) is 0. The van der Waals surface area contributed by atoms with Crippen molar-refractivity contribution < 1.29 is 4.42 Å². The van der Waals surface area contributed by atoms with Crippen LogP contribution in [0.1, 0.15) is 0 Å². The number of benzene rings is 1. The van der Waals surface area contributed by atoms with Crippen LogP contribution in [0.5, 0.6) is 0 Å². The average molecular weight is 220 g/mol. The van der Waals surface area contributed by atoms with E-state index in [1.165, 1.54) is 0 Å². The topological polar surface area (TPSA) is 38.9 Å². The van der Waals surface area contributed by atoms with Gasteiger partial charge in [-0.2, -0.15) is 0 Å². The molecule has 3 heteroatoms. The second-order valence-corrected chi connectivity index (χ2v) is 3.97. The van der Waals surface area contributed by atoms with Crippen LogP contribution in [0.4, 0.5) is 0 Å². The largest absolute Gasteiger partial charge is 0.454 e. The quantitative estimate of drug-likeness (QED) is 0.455. The number of aromatic nitrogens is 2. The Balaban J connectivity index is 2.28. The van der Waals surface area contributed by atoms with Crippen LogP contribution in [0.3, 0.4) is 0 Å². The zero-order valence-corrected chi connectivity index (χ0v) is 8.92. The van der Waals surface area contributed by atoms with Gasteiger partial charge in [-0.3, -0.25) is 4.98 Å². The van der Waals surface area contributed by atoms with Crippen molar-refractivity contribution in [3.63, 3.8) is 0 Å². The molecule has 80 valence electrons. The summed E-state index contributed by atoms with van der Waals surface area (Å²) in [5, 5.41) is 1.05. The zero-order chi connectivity index (χ0) is 11.2. The van der Waals surface area contributed by atoms with Crippen molar-refractivity contribution in [2.75, 3.05) is 0 Å². The summed E-state index contributed by atoms with van der Waals surface area (Å²) in [6.07, 6.45) is 1.76. The molecular formula is C14H8N2O. The van der Waals surface area contributed by atoms with Crippen LogP contribution in [-0.2, 0) is 0 Å². The van der Waals surface area contributed by atoms with Crippen LogP contribution in [-0.4, -0.2) is 9.97 Å². The molecule has 0 saturated carbocycles. The van der Waals surface area contributed by atoms with Crippen molar-refractivity contribution in [2.45, 2.75) is 0 Å². The molecule has 0 aliphatic heterocycles. The molecule has 0 saturated heterocycles. The molecule has 4 rings (SSSR count). The highest BCUT2D eigenvalue weighted by molar-refractivity contribution is 6.05. The molecule has 4 aromatic rings. The fourth-order valence-electron chi connectivity index (χ4n) is 2.12. The van der Waals surface area contributed by atoms with E-state index in [0.717, 1.165) is 33.1 Å². The minimum absolute atomic E-state index is 0.789. The number of rotatable bonds is 0. The van der Waals surface area contributed by atoms with Crippen molar-refractivity contribution in [1.29, 1.82) is 0 Å². The van der Waals surface area contributed by atoms with Gasteiger partial charge in [0.15, 0.2) is 5.58 Å². The van der Waals surface area contributed by atoms with Gasteiger partial charge in [-0.05, 0) is 24.3 Å². The van der Waals surface area contributed by atoms with E-state index in [-0.39, 0.29) is 0 Å². The first-order chi connectivity index (χ1) is 8.42. The standard InChI is InChI=1S/C14H8N2O/c1-2-6-12-9(4-1)14-13(17-12)8-11-10(16-14)5-3-7-15-11/h1-8H. The van der Waals surface area contributed by atoms with E-state index < -0.39 is 0 Å². The molecule has 0 amide bonds. The lowest BCUT2D eigenvalue weighted by atomic mass is 10.2. The molecule has 3 nitrogen and oxygen atoms in total. The van der Waals surface area contributed by atoms with E-state index in [2.05, 4.69) is 9.97 Å². The number of hydrogen-bond donors (Lipinski definition) is 0. The molecule has 0 atom stereocenters. The molecule has 0 radical (unpaired) electrons. The van der Waals surface area contributed by atoms with Crippen molar-refractivity contribution in [2.24, 2.45) is 0 Å². The molecule has 0 aliphatic carbocycles. The van der Waals surface area contributed by atoms with Crippen LogP contribution < -0.4 is 0 Å². The van der Waals surface area contributed by atoms with Crippen LogP contribution in [0, 0.1) is 0 Å². The van der Waals surface area contributed by atoms with Crippen molar-refractivity contribution in [3.8, 4) is 0 Å². The number of furan rings is 1. The fourth-order valence-corrected chi connectivity index (χ4v) is 2.12. The third-order valence-corrected chi connectivity index (χ3v) is 2.91. The summed E-state index contributed by atoms with van der Waals surface area (Å²) >= 11 is 0. The lowest BCUT2D eigenvalue weighted by Gasteiger charge is -1.94. The van der Waals surface area contributed by atoms with Crippen LogP contribution in [0.15, 0.2) is 53.1 Å². The number of fused-ring (bicyclic) bond motifs is 4. The predicted molar refractivity (Wildman–Crippen MR) is 66.8 cm³/mol. The Labute approximate surface area is 96.7 Å². The van der Waals surface area contributed by atoms with Gasteiger partial charge in [0.2, 0.25) is 0 Å². The van der Waals surface area contributed by atoms with Gasteiger partial charge in [-0.15, -0.1) is 0 Å². The van der Waals surface area contributed by atoms with E-state index in [1.54, 1.807) is 6.20 Å². The monoisotopic (exact) mass is 220 g/mol. The third-order valence-electron chi connectivity index (χ3n) is 2.91. The normalized spacial score (nSPS) is 11.5. The Bertz CT molecular complexity index is 842. The van der Waals surface area contributed by atoms with Crippen molar-refractivity contribution in [1.82, 2.24) is 9.97 Å². The van der Waals surface area contributed by atoms with Gasteiger partial charge in [0, 0.05) is 17.6 Å². The number of para-hydroxylation sites is 1. The SMILES string of the molecule is c1cnc2cc3oc4ccccc4c3nc2c1. The molecule has 0 aliphatic rings. The van der Waals surface area contributed by atoms with Crippen molar-refractivity contribution >= 4 is 33.1 Å². The van der Waals surface area contributed by atoms with Crippen molar-refractivity contribution in [3.05, 3.63) is 48.7 Å². The molecule has 17 heavy (non-hydrogen) atoms.